The van der Waals surface area contributed by atoms with Crippen LogP contribution in [0.5, 0.6) is 0 Å². The number of hydrogen-bond acceptors (Lipinski definition) is 2. The van der Waals surface area contributed by atoms with Crippen molar-refractivity contribution in [1.82, 2.24) is 5.32 Å². The van der Waals surface area contributed by atoms with Crippen LogP contribution in [-0.4, -0.2) is 24.2 Å². The molecule has 1 aliphatic heterocycles. The van der Waals surface area contributed by atoms with Gasteiger partial charge in [-0.25, -0.2) is 0 Å². The molecule has 1 fully saturated rings. The summed E-state index contributed by atoms with van der Waals surface area (Å²) in [5.74, 6) is -0.681. The van der Waals surface area contributed by atoms with Crippen molar-refractivity contribution in [2.45, 2.75) is 19.8 Å². The fraction of sp³-hybridized carbons (Fsp3) is 0.462. The highest BCUT2D eigenvalue weighted by Gasteiger charge is 2.41. The first-order valence-electron chi connectivity index (χ1n) is 5.62. The molecule has 1 aliphatic rings. The van der Waals surface area contributed by atoms with Gasteiger partial charge in [-0.3, -0.25) is 4.79 Å². The Morgan fingerprint density at radius 2 is 2.38 bits per heavy atom. The minimum absolute atomic E-state index is 0.580. The Morgan fingerprint density at radius 3 is 2.94 bits per heavy atom. The molecule has 0 aromatic heterocycles. The van der Waals surface area contributed by atoms with Crippen LogP contribution in [0.4, 0.5) is 0 Å². The van der Waals surface area contributed by atoms with E-state index in [1.807, 2.05) is 25.1 Å². The lowest BCUT2D eigenvalue weighted by molar-refractivity contribution is -0.147. The average molecular weight is 219 g/mol. The van der Waals surface area contributed by atoms with Gasteiger partial charge in [0, 0.05) is 6.54 Å². The minimum atomic E-state index is -0.681. The zero-order valence-corrected chi connectivity index (χ0v) is 9.49. The molecule has 3 heteroatoms. The molecule has 0 spiro atoms. The second-order valence-electron chi connectivity index (χ2n) is 4.68. The van der Waals surface area contributed by atoms with Gasteiger partial charge in [0.15, 0.2) is 0 Å². The third kappa shape index (κ3) is 2.09. The lowest BCUT2D eigenvalue weighted by Gasteiger charge is -2.23. The third-order valence-corrected chi connectivity index (χ3v) is 3.32. The molecule has 2 N–H and O–H groups in total. The van der Waals surface area contributed by atoms with E-state index >= 15 is 0 Å². The van der Waals surface area contributed by atoms with E-state index < -0.39 is 11.4 Å². The predicted molar refractivity (Wildman–Crippen MR) is 62.4 cm³/mol. The number of aryl methyl sites for hydroxylation is 1. The van der Waals surface area contributed by atoms with E-state index in [1.54, 1.807) is 0 Å². The first-order chi connectivity index (χ1) is 7.62. The Hall–Kier alpha value is -1.35. The van der Waals surface area contributed by atoms with Crippen molar-refractivity contribution in [2.24, 2.45) is 5.41 Å². The quantitative estimate of drug-likeness (QED) is 0.812. The maximum Gasteiger partial charge on any atom is 0.311 e. The van der Waals surface area contributed by atoms with Crippen LogP contribution < -0.4 is 5.32 Å². The number of nitrogens with one attached hydrogen (secondary N) is 1. The van der Waals surface area contributed by atoms with Crippen LogP contribution in [0.2, 0.25) is 0 Å². The summed E-state index contributed by atoms with van der Waals surface area (Å²) in [7, 11) is 0. The highest BCUT2D eigenvalue weighted by molar-refractivity contribution is 5.76. The van der Waals surface area contributed by atoms with Crippen LogP contribution >= 0.6 is 0 Å². The van der Waals surface area contributed by atoms with Gasteiger partial charge in [0.25, 0.3) is 0 Å². The fourth-order valence-electron chi connectivity index (χ4n) is 2.37. The van der Waals surface area contributed by atoms with Crippen LogP contribution in [-0.2, 0) is 11.2 Å². The standard InChI is InChI=1S/C13H17NO2/c1-10-3-2-4-11(7-10)8-13(12(15)16)5-6-14-9-13/h2-4,7,14H,5-6,8-9H2,1H3,(H,15,16). The second-order valence-corrected chi connectivity index (χ2v) is 4.68. The SMILES string of the molecule is Cc1cccc(CC2(C(=O)O)CCNC2)c1. The molecule has 16 heavy (non-hydrogen) atoms. The van der Waals surface area contributed by atoms with E-state index in [4.69, 9.17) is 0 Å². The molecule has 1 unspecified atom stereocenters. The van der Waals surface area contributed by atoms with Crippen LogP contribution in [0.1, 0.15) is 17.5 Å². The van der Waals surface area contributed by atoms with Crippen molar-refractivity contribution in [3.63, 3.8) is 0 Å². The zero-order valence-electron chi connectivity index (χ0n) is 9.49. The van der Waals surface area contributed by atoms with Crippen LogP contribution in [0, 0.1) is 12.3 Å². The van der Waals surface area contributed by atoms with Gasteiger partial charge in [-0.15, -0.1) is 0 Å². The van der Waals surface area contributed by atoms with Gasteiger partial charge in [0.1, 0.15) is 0 Å². The smallest absolute Gasteiger partial charge is 0.311 e. The molecule has 1 aromatic carbocycles. The maximum atomic E-state index is 11.4. The minimum Gasteiger partial charge on any atom is -0.481 e. The van der Waals surface area contributed by atoms with Crippen LogP contribution in [0.3, 0.4) is 0 Å². The predicted octanol–water partition coefficient (Wildman–Crippen LogP) is 1.60. The van der Waals surface area contributed by atoms with Crippen molar-refractivity contribution in [3.8, 4) is 0 Å². The van der Waals surface area contributed by atoms with Gasteiger partial charge in [-0.1, -0.05) is 29.8 Å². The summed E-state index contributed by atoms with van der Waals surface area (Å²) < 4.78 is 0. The fourth-order valence-corrected chi connectivity index (χ4v) is 2.37. The molecule has 1 atom stereocenters. The number of carbonyl (C=O) groups is 1. The third-order valence-electron chi connectivity index (χ3n) is 3.32. The van der Waals surface area contributed by atoms with Crippen LogP contribution in [0.15, 0.2) is 24.3 Å². The molecule has 1 saturated heterocycles. The van der Waals surface area contributed by atoms with Gasteiger partial charge < -0.3 is 10.4 Å². The lowest BCUT2D eigenvalue weighted by Crippen LogP contribution is -2.35. The Morgan fingerprint density at radius 1 is 1.56 bits per heavy atom. The van der Waals surface area contributed by atoms with Crippen molar-refractivity contribution in [3.05, 3.63) is 35.4 Å². The largest absolute Gasteiger partial charge is 0.481 e. The number of benzene rings is 1. The summed E-state index contributed by atoms with van der Waals surface area (Å²) in [6, 6.07) is 8.10. The molecule has 0 amide bonds. The average Bonchev–Trinajstić information content (AvgIpc) is 2.67. The Labute approximate surface area is 95.5 Å². The molecule has 2 rings (SSSR count). The molecule has 86 valence electrons. The Balaban J connectivity index is 2.21. The number of hydrogen-bond donors (Lipinski definition) is 2. The lowest BCUT2D eigenvalue weighted by atomic mass is 9.81. The monoisotopic (exact) mass is 219 g/mol. The van der Waals surface area contributed by atoms with Crippen LogP contribution in [0.25, 0.3) is 0 Å². The maximum absolute atomic E-state index is 11.4. The molecule has 0 saturated carbocycles. The summed E-state index contributed by atoms with van der Waals surface area (Å²) in [5.41, 5.74) is 1.70. The molecule has 1 heterocycles. The van der Waals surface area contributed by atoms with E-state index in [2.05, 4.69) is 11.4 Å². The summed E-state index contributed by atoms with van der Waals surface area (Å²) in [6.07, 6.45) is 1.34. The highest BCUT2D eigenvalue weighted by atomic mass is 16.4. The van der Waals surface area contributed by atoms with E-state index in [1.165, 1.54) is 5.56 Å². The summed E-state index contributed by atoms with van der Waals surface area (Å²) >= 11 is 0. The first-order valence-corrected chi connectivity index (χ1v) is 5.62. The van der Waals surface area contributed by atoms with E-state index in [0.29, 0.717) is 13.0 Å². The molecule has 1 aromatic rings. The van der Waals surface area contributed by atoms with Crippen molar-refractivity contribution < 1.29 is 9.90 Å². The van der Waals surface area contributed by atoms with Gasteiger partial charge in [-0.05, 0) is 31.9 Å². The van der Waals surface area contributed by atoms with Crippen molar-refractivity contribution in [1.29, 1.82) is 0 Å². The van der Waals surface area contributed by atoms with E-state index in [0.717, 1.165) is 18.5 Å². The van der Waals surface area contributed by atoms with Crippen molar-refractivity contribution in [2.75, 3.05) is 13.1 Å². The number of aliphatic carboxylic acids is 1. The molecule has 0 aliphatic carbocycles. The Kier molecular flexibility index (Phi) is 2.97. The normalized spacial score (nSPS) is 24.6. The van der Waals surface area contributed by atoms with Gasteiger partial charge >= 0.3 is 5.97 Å². The second kappa shape index (κ2) is 4.26. The van der Waals surface area contributed by atoms with Gasteiger partial charge in [0.05, 0.1) is 5.41 Å². The molecule has 0 bridgehead atoms. The topological polar surface area (TPSA) is 49.3 Å². The zero-order chi connectivity index (χ0) is 11.6. The summed E-state index contributed by atoms with van der Waals surface area (Å²) in [5, 5.41) is 12.5. The highest BCUT2D eigenvalue weighted by Crippen LogP contribution is 2.30. The first kappa shape index (κ1) is 11.1. The van der Waals surface area contributed by atoms with E-state index in [-0.39, 0.29) is 0 Å². The summed E-state index contributed by atoms with van der Waals surface area (Å²) in [6.45, 7) is 3.41. The van der Waals surface area contributed by atoms with E-state index in [9.17, 15) is 9.90 Å². The van der Waals surface area contributed by atoms with Gasteiger partial charge in [0.2, 0.25) is 0 Å². The molecule has 3 nitrogen and oxygen atoms in total. The number of rotatable bonds is 3. The summed E-state index contributed by atoms with van der Waals surface area (Å²) in [4.78, 5) is 11.4. The van der Waals surface area contributed by atoms with Gasteiger partial charge in [-0.2, -0.15) is 0 Å². The number of carboxylic acid groups (broad SMARTS) is 1. The molecule has 0 radical (unpaired) electrons. The Bertz CT molecular complexity index is 395. The molecular formula is C13H17NO2. The van der Waals surface area contributed by atoms with Crippen molar-refractivity contribution >= 4 is 5.97 Å². The number of carboxylic acids is 1. The molecular weight excluding hydrogens is 202 g/mol.